The fourth-order valence-electron chi connectivity index (χ4n) is 4.42. The molecule has 2 aromatic rings. The molecule has 3 atom stereocenters. The van der Waals surface area contributed by atoms with Gasteiger partial charge in [0.25, 0.3) is 0 Å². The number of carbonyl (C=O) groups is 1. The van der Waals surface area contributed by atoms with Crippen LogP contribution in [-0.2, 0) is 11.3 Å². The minimum absolute atomic E-state index is 0.238. The number of aryl methyl sites for hydroxylation is 1. The van der Waals surface area contributed by atoms with E-state index < -0.39 is 0 Å². The minimum atomic E-state index is -0.351. The quantitative estimate of drug-likeness (QED) is 0.782. The molecule has 1 N–H and O–H groups in total. The molecular weight excluding hydrogens is 344 g/mol. The van der Waals surface area contributed by atoms with Gasteiger partial charge in [0.1, 0.15) is 5.82 Å². The van der Waals surface area contributed by atoms with E-state index in [1.807, 2.05) is 6.92 Å². The molecule has 1 aliphatic carbocycles. The highest BCUT2D eigenvalue weighted by molar-refractivity contribution is 5.88. The van der Waals surface area contributed by atoms with Gasteiger partial charge < -0.3 is 14.7 Å². The topological polar surface area (TPSA) is 80.5 Å². The average Bonchev–Trinajstić information content (AvgIpc) is 2.99. The van der Waals surface area contributed by atoms with Gasteiger partial charge in [-0.2, -0.15) is 5.10 Å². The number of esters is 1. The van der Waals surface area contributed by atoms with Crippen molar-refractivity contribution in [2.24, 2.45) is 17.3 Å². The van der Waals surface area contributed by atoms with Crippen molar-refractivity contribution < 1.29 is 14.6 Å². The highest BCUT2D eigenvalue weighted by atomic mass is 16.5. The maximum atomic E-state index is 11.8. The first-order valence-corrected chi connectivity index (χ1v) is 9.48. The number of aliphatic hydroxyl groups is 1. The summed E-state index contributed by atoms with van der Waals surface area (Å²) in [4.78, 5) is 18.9. The summed E-state index contributed by atoms with van der Waals surface area (Å²) in [5, 5.41) is 13.7. The van der Waals surface area contributed by atoms with E-state index in [4.69, 9.17) is 9.72 Å². The first kappa shape index (κ1) is 18.0. The van der Waals surface area contributed by atoms with Crippen LogP contribution in [-0.4, -0.2) is 52.1 Å². The number of hydrogen-bond donors (Lipinski definition) is 1. The van der Waals surface area contributed by atoms with E-state index in [2.05, 4.69) is 29.1 Å². The van der Waals surface area contributed by atoms with E-state index in [0.29, 0.717) is 30.6 Å². The zero-order valence-electron chi connectivity index (χ0n) is 16.1. The number of pyridine rings is 1. The summed E-state index contributed by atoms with van der Waals surface area (Å²) in [6, 6.07) is 4.14. The third kappa shape index (κ3) is 3.10. The average molecular weight is 370 g/mol. The lowest BCUT2D eigenvalue weighted by molar-refractivity contribution is 0.0526. The van der Waals surface area contributed by atoms with Crippen LogP contribution in [0.3, 0.4) is 0 Å². The first-order chi connectivity index (χ1) is 13.0. The lowest BCUT2D eigenvalue weighted by Gasteiger charge is -2.23. The van der Waals surface area contributed by atoms with Crippen molar-refractivity contribution in [3.63, 3.8) is 0 Å². The summed E-state index contributed by atoms with van der Waals surface area (Å²) in [7, 11) is 0. The van der Waals surface area contributed by atoms with Crippen LogP contribution in [0, 0.1) is 24.2 Å². The Labute approximate surface area is 159 Å². The molecule has 7 heteroatoms. The molecule has 27 heavy (non-hydrogen) atoms. The first-order valence-electron chi connectivity index (χ1n) is 9.48. The van der Waals surface area contributed by atoms with Gasteiger partial charge in [0.15, 0.2) is 0 Å². The molecule has 2 fully saturated rings. The number of rotatable bonds is 6. The molecule has 0 radical (unpaired) electrons. The fourth-order valence-corrected chi connectivity index (χ4v) is 4.42. The van der Waals surface area contributed by atoms with E-state index in [0.717, 1.165) is 30.2 Å². The Morgan fingerprint density at radius 2 is 2.26 bits per heavy atom. The third-order valence-corrected chi connectivity index (χ3v) is 6.20. The minimum Gasteiger partial charge on any atom is -0.462 e. The number of aromatic nitrogens is 3. The molecule has 0 amide bonds. The summed E-state index contributed by atoms with van der Waals surface area (Å²) >= 11 is 0. The van der Waals surface area contributed by atoms with Crippen LogP contribution >= 0.6 is 0 Å². The van der Waals surface area contributed by atoms with Gasteiger partial charge in [0.05, 0.1) is 24.9 Å². The largest absolute Gasteiger partial charge is 0.462 e. The Balaban J connectivity index is 1.43. The number of ether oxygens (including phenoxy) is 1. The Bertz CT molecular complexity index is 865. The molecule has 0 spiro atoms. The number of piperidine rings is 1. The van der Waals surface area contributed by atoms with Gasteiger partial charge in [-0.05, 0) is 42.7 Å². The molecular formula is C20H26N4O3. The number of anilines is 1. The van der Waals surface area contributed by atoms with Gasteiger partial charge >= 0.3 is 5.97 Å². The van der Waals surface area contributed by atoms with Crippen molar-refractivity contribution in [2.75, 3.05) is 31.2 Å². The molecule has 1 aliphatic heterocycles. The maximum absolute atomic E-state index is 11.8. The maximum Gasteiger partial charge on any atom is 0.341 e. The Morgan fingerprint density at radius 3 is 2.89 bits per heavy atom. The van der Waals surface area contributed by atoms with Crippen LogP contribution in [0.4, 0.5) is 5.82 Å². The molecule has 2 aromatic heterocycles. The van der Waals surface area contributed by atoms with E-state index in [1.165, 1.54) is 6.20 Å². The highest BCUT2D eigenvalue weighted by Crippen LogP contribution is 2.62. The summed E-state index contributed by atoms with van der Waals surface area (Å²) < 4.78 is 6.73. The van der Waals surface area contributed by atoms with E-state index in [9.17, 15) is 9.90 Å². The monoisotopic (exact) mass is 370 g/mol. The second-order valence-electron chi connectivity index (χ2n) is 7.84. The van der Waals surface area contributed by atoms with Crippen molar-refractivity contribution >= 4 is 11.8 Å². The normalized spacial score (nSPS) is 26.1. The second kappa shape index (κ2) is 6.64. The molecule has 4 rings (SSSR count). The predicted octanol–water partition coefficient (Wildman–Crippen LogP) is 1.88. The van der Waals surface area contributed by atoms with Crippen LogP contribution in [0.2, 0.25) is 0 Å². The van der Waals surface area contributed by atoms with Gasteiger partial charge in [-0.15, -0.1) is 0 Å². The number of fused-ring (bicyclic) bond motifs is 1. The zero-order valence-corrected chi connectivity index (χ0v) is 16.1. The SMILES string of the molecule is CCOC(=O)c1cnn(Cc2ccc(N3C[C@@H]4[C@H](CO)[C@]4(C)C3)nc2C)c1. The van der Waals surface area contributed by atoms with Gasteiger partial charge in [-0.3, -0.25) is 4.68 Å². The molecule has 7 nitrogen and oxygen atoms in total. The molecule has 0 aromatic carbocycles. The van der Waals surface area contributed by atoms with Crippen LogP contribution in [0.25, 0.3) is 0 Å². The van der Waals surface area contributed by atoms with Gasteiger partial charge in [-0.25, -0.2) is 9.78 Å². The summed E-state index contributed by atoms with van der Waals surface area (Å²) in [5.74, 6) is 1.67. The molecule has 0 bridgehead atoms. The zero-order chi connectivity index (χ0) is 19.2. The lowest BCUT2D eigenvalue weighted by atomic mass is 10.1. The molecule has 1 saturated carbocycles. The number of carbonyl (C=O) groups excluding carboxylic acids is 1. The smallest absolute Gasteiger partial charge is 0.341 e. The third-order valence-electron chi connectivity index (χ3n) is 6.20. The molecule has 3 heterocycles. The Morgan fingerprint density at radius 1 is 1.44 bits per heavy atom. The Kier molecular flexibility index (Phi) is 4.42. The van der Waals surface area contributed by atoms with Gasteiger partial charge in [-0.1, -0.05) is 13.0 Å². The van der Waals surface area contributed by atoms with Crippen molar-refractivity contribution in [2.45, 2.75) is 27.3 Å². The number of nitrogens with zero attached hydrogens (tertiary/aromatic N) is 4. The van der Waals surface area contributed by atoms with Crippen molar-refractivity contribution in [1.82, 2.24) is 14.8 Å². The summed E-state index contributed by atoms with van der Waals surface area (Å²) in [5.41, 5.74) is 2.73. The second-order valence-corrected chi connectivity index (χ2v) is 7.84. The van der Waals surface area contributed by atoms with Crippen LogP contribution < -0.4 is 4.90 Å². The lowest BCUT2D eigenvalue weighted by Crippen LogP contribution is -2.28. The van der Waals surface area contributed by atoms with Crippen LogP contribution in [0.15, 0.2) is 24.5 Å². The van der Waals surface area contributed by atoms with Crippen LogP contribution in [0.5, 0.6) is 0 Å². The van der Waals surface area contributed by atoms with Gasteiger partial charge in [0.2, 0.25) is 0 Å². The molecule has 2 aliphatic rings. The summed E-state index contributed by atoms with van der Waals surface area (Å²) in [6.45, 7) is 9.18. The fraction of sp³-hybridized carbons (Fsp3) is 0.550. The Hall–Kier alpha value is -2.41. The number of hydrogen-bond acceptors (Lipinski definition) is 6. The highest BCUT2D eigenvalue weighted by Gasteiger charge is 2.65. The number of aliphatic hydroxyl groups excluding tert-OH is 1. The summed E-state index contributed by atoms with van der Waals surface area (Å²) in [6.07, 6.45) is 3.24. The molecule has 1 saturated heterocycles. The molecule has 0 unspecified atom stereocenters. The predicted molar refractivity (Wildman–Crippen MR) is 101 cm³/mol. The van der Waals surface area contributed by atoms with Crippen molar-refractivity contribution in [1.29, 1.82) is 0 Å². The van der Waals surface area contributed by atoms with Crippen molar-refractivity contribution in [3.05, 3.63) is 41.3 Å². The van der Waals surface area contributed by atoms with E-state index in [-0.39, 0.29) is 18.0 Å². The van der Waals surface area contributed by atoms with E-state index in [1.54, 1.807) is 17.8 Å². The van der Waals surface area contributed by atoms with Gasteiger partial charge in [0, 0.05) is 31.6 Å². The standard InChI is InChI=1S/C20H26N4O3/c1-4-27-19(26)15-7-21-24(9-15)8-14-5-6-18(22-13(14)2)23-10-16-17(11-25)20(16,3)12-23/h5-7,9,16-17,25H,4,8,10-12H2,1-3H3/t16-,17+,20-/m1/s1. The van der Waals surface area contributed by atoms with Crippen LogP contribution in [0.1, 0.15) is 35.5 Å². The molecule has 144 valence electrons. The van der Waals surface area contributed by atoms with Crippen molar-refractivity contribution in [3.8, 4) is 0 Å². The van der Waals surface area contributed by atoms with E-state index >= 15 is 0 Å².